The van der Waals surface area contributed by atoms with Crippen LogP contribution in [-0.2, 0) is 0 Å². The first-order valence-electron chi connectivity index (χ1n) is 5.96. The molecule has 3 heterocycles. The maximum atomic E-state index is 5.44. The highest BCUT2D eigenvalue weighted by atomic mass is 79.9. The summed E-state index contributed by atoms with van der Waals surface area (Å²) in [5.41, 5.74) is 0.919. The average Bonchev–Trinajstić information content (AvgIpc) is 2.94. The van der Waals surface area contributed by atoms with Crippen molar-refractivity contribution in [1.29, 1.82) is 0 Å². The number of fused-ring (bicyclic) bond motifs is 1. The molecule has 2 aromatic rings. The van der Waals surface area contributed by atoms with Gasteiger partial charge in [0.05, 0.1) is 11.6 Å². The summed E-state index contributed by atoms with van der Waals surface area (Å²) < 4.78 is 5.44. The number of rotatable bonds is 2. The van der Waals surface area contributed by atoms with Gasteiger partial charge in [0.15, 0.2) is 0 Å². The normalized spacial score (nSPS) is 24.7. The van der Waals surface area contributed by atoms with E-state index < -0.39 is 0 Å². The predicted molar refractivity (Wildman–Crippen MR) is 72.7 cm³/mol. The molecule has 0 bridgehead atoms. The quantitative estimate of drug-likeness (QED) is 0.795. The summed E-state index contributed by atoms with van der Waals surface area (Å²) in [6, 6.07) is 4.45. The van der Waals surface area contributed by atoms with Crippen molar-refractivity contribution in [2.75, 3.05) is 16.8 Å². The van der Waals surface area contributed by atoms with E-state index in [0.29, 0.717) is 12.0 Å². The van der Waals surface area contributed by atoms with Crippen LogP contribution in [-0.4, -0.2) is 22.9 Å². The second-order valence-corrected chi connectivity index (χ2v) is 5.30. The van der Waals surface area contributed by atoms with Crippen molar-refractivity contribution in [3.63, 3.8) is 0 Å². The second-order valence-electron chi connectivity index (χ2n) is 4.65. The van der Waals surface area contributed by atoms with Crippen molar-refractivity contribution in [2.45, 2.75) is 19.4 Å². The third kappa shape index (κ3) is 1.75. The Morgan fingerprint density at radius 2 is 2.41 bits per heavy atom. The molecular weight excluding hydrogens is 280 g/mol. The van der Waals surface area contributed by atoms with E-state index in [1.165, 1.54) is 6.42 Å². The SMILES string of the molecule is CC1CCN(c2nccc3occc23)C1CBr. The van der Waals surface area contributed by atoms with Crippen LogP contribution in [0.2, 0.25) is 0 Å². The second kappa shape index (κ2) is 4.33. The number of furan rings is 1. The van der Waals surface area contributed by atoms with Crippen LogP contribution in [0.4, 0.5) is 5.82 Å². The molecular formula is C13H15BrN2O. The van der Waals surface area contributed by atoms with Gasteiger partial charge in [-0.05, 0) is 24.5 Å². The Bertz CT molecular complexity index is 525. The van der Waals surface area contributed by atoms with Gasteiger partial charge in [-0.2, -0.15) is 0 Å². The van der Waals surface area contributed by atoms with Gasteiger partial charge in [0, 0.05) is 24.1 Å². The number of alkyl halides is 1. The van der Waals surface area contributed by atoms with Crippen molar-refractivity contribution in [3.8, 4) is 0 Å². The minimum atomic E-state index is 0.531. The molecule has 1 fully saturated rings. The van der Waals surface area contributed by atoms with Gasteiger partial charge in [0.25, 0.3) is 0 Å². The highest BCUT2D eigenvalue weighted by molar-refractivity contribution is 9.09. The molecule has 0 radical (unpaired) electrons. The standard InChI is InChI=1S/C13H15BrN2O/c1-9-3-6-16(11(9)8-14)13-10-4-7-17-12(10)2-5-15-13/h2,4-5,7,9,11H,3,6,8H2,1H3. The van der Waals surface area contributed by atoms with E-state index in [1.807, 2.05) is 18.3 Å². The molecule has 2 aromatic heterocycles. The van der Waals surface area contributed by atoms with Gasteiger partial charge in [-0.1, -0.05) is 22.9 Å². The van der Waals surface area contributed by atoms with Crippen molar-refractivity contribution in [3.05, 3.63) is 24.6 Å². The Labute approximate surface area is 109 Å². The third-order valence-electron chi connectivity index (χ3n) is 3.67. The van der Waals surface area contributed by atoms with Crippen LogP contribution >= 0.6 is 15.9 Å². The summed E-state index contributed by atoms with van der Waals surface area (Å²) in [6.07, 6.45) is 4.79. The first-order chi connectivity index (χ1) is 8.31. The lowest BCUT2D eigenvalue weighted by molar-refractivity contribution is 0.553. The highest BCUT2D eigenvalue weighted by Gasteiger charge is 2.32. The van der Waals surface area contributed by atoms with Crippen LogP contribution in [0.25, 0.3) is 11.0 Å². The van der Waals surface area contributed by atoms with Crippen molar-refractivity contribution < 1.29 is 4.42 Å². The number of hydrogen-bond acceptors (Lipinski definition) is 3. The molecule has 0 saturated carbocycles. The van der Waals surface area contributed by atoms with Gasteiger partial charge >= 0.3 is 0 Å². The van der Waals surface area contributed by atoms with Crippen LogP contribution < -0.4 is 4.90 Å². The molecule has 2 unspecified atom stereocenters. The van der Waals surface area contributed by atoms with E-state index in [9.17, 15) is 0 Å². The average molecular weight is 295 g/mol. The van der Waals surface area contributed by atoms with Crippen molar-refractivity contribution in [1.82, 2.24) is 4.98 Å². The molecule has 0 amide bonds. The fraction of sp³-hybridized carbons (Fsp3) is 0.462. The molecule has 4 heteroatoms. The number of aromatic nitrogens is 1. The van der Waals surface area contributed by atoms with E-state index in [0.717, 1.165) is 28.7 Å². The molecule has 17 heavy (non-hydrogen) atoms. The van der Waals surface area contributed by atoms with Crippen molar-refractivity contribution in [2.24, 2.45) is 5.92 Å². The largest absolute Gasteiger partial charge is 0.464 e. The third-order valence-corrected chi connectivity index (χ3v) is 4.33. The molecule has 0 spiro atoms. The number of anilines is 1. The lowest BCUT2D eigenvalue weighted by Gasteiger charge is -2.26. The molecule has 3 rings (SSSR count). The van der Waals surface area contributed by atoms with Gasteiger partial charge in [-0.3, -0.25) is 0 Å². The smallest absolute Gasteiger partial charge is 0.139 e. The first kappa shape index (κ1) is 11.1. The molecule has 0 aromatic carbocycles. The van der Waals surface area contributed by atoms with E-state index in [-0.39, 0.29) is 0 Å². The summed E-state index contributed by atoms with van der Waals surface area (Å²) in [5, 5.41) is 2.11. The van der Waals surface area contributed by atoms with Gasteiger partial charge in [-0.15, -0.1) is 0 Å². The predicted octanol–water partition coefficient (Wildman–Crippen LogP) is 3.44. The maximum absolute atomic E-state index is 5.44. The number of pyridine rings is 1. The van der Waals surface area contributed by atoms with Gasteiger partial charge < -0.3 is 9.32 Å². The number of hydrogen-bond donors (Lipinski definition) is 0. The minimum Gasteiger partial charge on any atom is -0.464 e. The fourth-order valence-corrected chi connectivity index (χ4v) is 3.60. The van der Waals surface area contributed by atoms with E-state index in [4.69, 9.17) is 4.42 Å². The summed E-state index contributed by atoms with van der Waals surface area (Å²) in [7, 11) is 0. The number of nitrogens with zero attached hydrogens (tertiary/aromatic N) is 2. The highest BCUT2D eigenvalue weighted by Crippen LogP contribution is 2.33. The molecule has 1 aliphatic rings. The van der Waals surface area contributed by atoms with E-state index in [2.05, 4.69) is 32.7 Å². The molecule has 3 nitrogen and oxygen atoms in total. The monoisotopic (exact) mass is 294 g/mol. The zero-order valence-electron chi connectivity index (χ0n) is 9.77. The Morgan fingerprint density at radius 1 is 1.53 bits per heavy atom. The van der Waals surface area contributed by atoms with Crippen LogP contribution in [0.3, 0.4) is 0 Å². The molecule has 90 valence electrons. The lowest BCUT2D eigenvalue weighted by atomic mass is 10.1. The zero-order chi connectivity index (χ0) is 11.8. The van der Waals surface area contributed by atoms with Gasteiger partial charge in [-0.25, -0.2) is 4.98 Å². The fourth-order valence-electron chi connectivity index (χ4n) is 2.62. The molecule has 0 N–H and O–H groups in total. The zero-order valence-corrected chi connectivity index (χ0v) is 11.4. The topological polar surface area (TPSA) is 29.3 Å². The summed E-state index contributed by atoms with van der Waals surface area (Å²) in [5.74, 6) is 1.77. The van der Waals surface area contributed by atoms with Crippen LogP contribution in [0, 0.1) is 5.92 Å². The molecule has 1 saturated heterocycles. The molecule has 0 aliphatic carbocycles. The summed E-state index contributed by atoms with van der Waals surface area (Å²) >= 11 is 3.62. The molecule has 2 atom stereocenters. The van der Waals surface area contributed by atoms with Crippen LogP contribution in [0.15, 0.2) is 29.0 Å². The Morgan fingerprint density at radius 3 is 3.24 bits per heavy atom. The Kier molecular flexibility index (Phi) is 2.82. The number of halogens is 1. The van der Waals surface area contributed by atoms with Crippen LogP contribution in [0.1, 0.15) is 13.3 Å². The van der Waals surface area contributed by atoms with E-state index in [1.54, 1.807) is 6.26 Å². The van der Waals surface area contributed by atoms with Gasteiger partial charge in [0.2, 0.25) is 0 Å². The molecule has 1 aliphatic heterocycles. The first-order valence-corrected chi connectivity index (χ1v) is 7.08. The summed E-state index contributed by atoms with van der Waals surface area (Å²) in [6.45, 7) is 3.39. The lowest BCUT2D eigenvalue weighted by Crippen LogP contribution is -2.34. The van der Waals surface area contributed by atoms with E-state index >= 15 is 0 Å². The van der Waals surface area contributed by atoms with Gasteiger partial charge in [0.1, 0.15) is 11.4 Å². The maximum Gasteiger partial charge on any atom is 0.139 e. The summed E-state index contributed by atoms with van der Waals surface area (Å²) in [4.78, 5) is 6.94. The van der Waals surface area contributed by atoms with Crippen molar-refractivity contribution >= 4 is 32.7 Å². The minimum absolute atomic E-state index is 0.531. The van der Waals surface area contributed by atoms with Crippen LogP contribution in [0.5, 0.6) is 0 Å². The Balaban J connectivity index is 2.06. The Hall–Kier alpha value is -1.03.